The van der Waals surface area contributed by atoms with E-state index in [1.165, 1.54) is 61.4 Å². The minimum atomic E-state index is -0.780. The minimum Gasteiger partial charge on any atom is -0.493 e. The molecular weight excluding hydrogens is 1060 g/mol. The Morgan fingerprint density at radius 1 is 0.582 bits per heavy atom. The van der Waals surface area contributed by atoms with Crippen molar-refractivity contribution in [3.8, 4) is 23.0 Å². The Balaban J connectivity index is 0.000000179. The van der Waals surface area contributed by atoms with Gasteiger partial charge in [-0.3, -0.25) is 9.59 Å². The maximum atomic E-state index is 13.1. The largest absolute Gasteiger partial charge is 0.493 e. The first-order chi connectivity index (χ1) is 38.3. The summed E-state index contributed by atoms with van der Waals surface area (Å²) in [5.41, 5.74) is 13.1. The Bertz CT molecular complexity index is 3420. The number of esters is 2. The number of nitrogens with zero attached hydrogens (tertiary/aromatic N) is 10. The van der Waals surface area contributed by atoms with Crippen LogP contribution in [0.1, 0.15) is 46.7 Å². The van der Waals surface area contributed by atoms with E-state index in [1.807, 2.05) is 46.2 Å². The molecule has 2 aliphatic rings. The number of anilines is 8. The molecule has 2 aliphatic heterocycles. The van der Waals surface area contributed by atoms with Crippen molar-refractivity contribution in [1.82, 2.24) is 39.9 Å². The third-order valence-corrected chi connectivity index (χ3v) is 13.8. The zero-order valence-electron chi connectivity index (χ0n) is 43.8. The fourth-order valence-corrected chi connectivity index (χ4v) is 9.67. The zero-order valence-corrected chi connectivity index (χ0v) is 45.4. The molecule has 2 unspecified atom stereocenters. The molecule has 0 radical (unpaired) electrons. The molecule has 0 spiro atoms. The highest BCUT2D eigenvalue weighted by Crippen LogP contribution is 2.36. The van der Waals surface area contributed by atoms with Crippen LogP contribution in [0.5, 0.6) is 23.0 Å². The number of hydrogen-bond donors (Lipinski definition) is 5. The molecule has 0 aliphatic carbocycles. The van der Waals surface area contributed by atoms with Crippen molar-refractivity contribution in [3.05, 3.63) is 95.5 Å². The van der Waals surface area contributed by atoms with Gasteiger partial charge in [-0.25, -0.2) is 29.5 Å². The predicted octanol–water partition coefficient (Wildman–Crippen LogP) is 7.48. The molecule has 25 nitrogen and oxygen atoms in total. The van der Waals surface area contributed by atoms with Crippen molar-refractivity contribution in [3.63, 3.8) is 0 Å². The number of aromatic nitrogens is 8. The summed E-state index contributed by atoms with van der Waals surface area (Å²) in [6.07, 6.45) is 5.85. The molecule has 412 valence electrons. The number of pyridine rings is 2. The number of methoxy groups -OCH3 is 6. The van der Waals surface area contributed by atoms with Gasteiger partial charge in [0.15, 0.2) is 44.3 Å². The van der Waals surface area contributed by atoms with E-state index in [0.29, 0.717) is 88.4 Å². The molecule has 2 saturated heterocycles. The SMILES string of the molecule is COC(=O)c1ccc(N)cn1.COC(=O)c1ccc(NC(=O)C2CCCN(c3nc(Nc4ccc(OC)c(OC)c4)c4ncsc4n3)C2)cn1.COc1ccc(Nc2nc(N3CCCC(C(=O)O)C3)nc3scnc23)cc1OC. The minimum absolute atomic E-state index is 0.130. The number of ether oxygens (including phenoxy) is 6. The molecule has 27 heteroatoms. The number of nitrogen functional groups attached to an aromatic ring is 1. The second kappa shape index (κ2) is 26.2. The van der Waals surface area contributed by atoms with Gasteiger partial charge in [0.25, 0.3) is 0 Å². The van der Waals surface area contributed by atoms with E-state index in [1.54, 1.807) is 51.6 Å². The summed E-state index contributed by atoms with van der Waals surface area (Å²) >= 11 is 2.85. The Morgan fingerprint density at radius 2 is 1.05 bits per heavy atom. The third kappa shape index (κ3) is 13.8. The summed E-state index contributed by atoms with van der Waals surface area (Å²) in [4.78, 5) is 87.8. The number of thiazole rings is 2. The van der Waals surface area contributed by atoms with Gasteiger partial charge in [-0.05, 0) is 74.2 Å². The summed E-state index contributed by atoms with van der Waals surface area (Å²) in [5.74, 6) is 2.02. The topological polar surface area (TPSA) is 316 Å². The molecule has 0 bridgehead atoms. The van der Waals surface area contributed by atoms with Crippen LogP contribution in [0.15, 0.2) is 84.1 Å². The van der Waals surface area contributed by atoms with Crippen molar-refractivity contribution >= 4 is 113 Å². The lowest BCUT2D eigenvalue weighted by Gasteiger charge is -2.32. The molecule has 8 heterocycles. The fourth-order valence-electron chi connectivity index (χ4n) is 8.36. The maximum absolute atomic E-state index is 13.1. The summed E-state index contributed by atoms with van der Waals surface area (Å²) in [5, 5.41) is 18.9. The Kier molecular flexibility index (Phi) is 18.6. The molecule has 2 fully saturated rings. The van der Waals surface area contributed by atoms with Gasteiger partial charge < -0.3 is 65.0 Å². The van der Waals surface area contributed by atoms with Crippen LogP contribution >= 0.6 is 22.7 Å². The van der Waals surface area contributed by atoms with E-state index >= 15 is 0 Å². The first-order valence-corrected chi connectivity index (χ1v) is 26.2. The number of aliphatic carboxylic acids is 1. The van der Waals surface area contributed by atoms with Gasteiger partial charge in [-0.1, -0.05) is 0 Å². The lowest BCUT2D eigenvalue weighted by molar-refractivity contribution is -0.142. The molecule has 6 aromatic heterocycles. The number of piperidine rings is 2. The van der Waals surface area contributed by atoms with Crippen LogP contribution in [0, 0.1) is 11.8 Å². The number of amides is 1. The number of nitrogens with one attached hydrogen (secondary N) is 3. The van der Waals surface area contributed by atoms with Gasteiger partial charge in [0.05, 0.1) is 89.3 Å². The summed E-state index contributed by atoms with van der Waals surface area (Å²) in [6, 6.07) is 17.3. The van der Waals surface area contributed by atoms with Gasteiger partial charge in [-0.2, -0.15) is 19.9 Å². The maximum Gasteiger partial charge on any atom is 0.356 e. The van der Waals surface area contributed by atoms with E-state index in [2.05, 4.69) is 55.3 Å². The Hall–Kier alpha value is -9.24. The van der Waals surface area contributed by atoms with Crippen LogP contribution in [-0.4, -0.2) is 138 Å². The van der Waals surface area contributed by atoms with Gasteiger partial charge in [-0.15, -0.1) is 22.7 Å². The summed E-state index contributed by atoms with van der Waals surface area (Å²) < 4.78 is 30.5. The van der Waals surface area contributed by atoms with Crippen LogP contribution in [0.4, 0.5) is 46.3 Å². The molecule has 10 rings (SSSR count). The van der Waals surface area contributed by atoms with Crippen molar-refractivity contribution < 1.29 is 52.7 Å². The van der Waals surface area contributed by atoms with Crippen LogP contribution in [0.2, 0.25) is 0 Å². The normalized spacial score (nSPS) is 14.8. The smallest absolute Gasteiger partial charge is 0.356 e. The second-order valence-electron chi connectivity index (χ2n) is 17.4. The molecule has 0 saturated carbocycles. The highest BCUT2D eigenvalue weighted by Gasteiger charge is 2.30. The van der Waals surface area contributed by atoms with Gasteiger partial charge in [0, 0.05) is 49.7 Å². The van der Waals surface area contributed by atoms with Crippen molar-refractivity contribution in [2.24, 2.45) is 11.8 Å². The number of benzene rings is 2. The van der Waals surface area contributed by atoms with E-state index in [4.69, 9.17) is 34.6 Å². The first kappa shape index (κ1) is 56.0. The first-order valence-electron chi connectivity index (χ1n) is 24.4. The lowest BCUT2D eigenvalue weighted by Crippen LogP contribution is -2.41. The number of nitrogens with two attached hydrogens (primary N) is 1. The van der Waals surface area contributed by atoms with E-state index in [-0.39, 0.29) is 23.2 Å². The van der Waals surface area contributed by atoms with Crippen molar-refractivity contribution in [2.75, 3.05) is 100 Å². The Labute approximate surface area is 460 Å². The Morgan fingerprint density at radius 3 is 1.49 bits per heavy atom. The molecule has 1 amide bonds. The summed E-state index contributed by atoms with van der Waals surface area (Å²) in [6.45, 7) is 2.30. The van der Waals surface area contributed by atoms with Crippen LogP contribution in [0.3, 0.4) is 0 Å². The number of fused-ring (bicyclic) bond motifs is 2. The number of carboxylic acid groups (broad SMARTS) is 1. The van der Waals surface area contributed by atoms with Crippen LogP contribution < -0.4 is 50.4 Å². The lowest BCUT2D eigenvalue weighted by atomic mass is 9.97. The molecule has 8 aromatic rings. The quantitative estimate of drug-likeness (QED) is 0.0621. The predicted molar refractivity (Wildman–Crippen MR) is 298 cm³/mol. The summed E-state index contributed by atoms with van der Waals surface area (Å²) in [7, 11) is 8.94. The van der Waals surface area contributed by atoms with E-state index in [9.17, 15) is 24.3 Å². The average molecular weight is 1120 g/mol. The molecule has 2 atom stereocenters. The third-order valence-electron chi connectivity index (χ3n) is 12.4. The van der Waals surface area contributed by atoms with E-state index in [0.717, 1.165) is 53.4 Å². The number of carbonyl (C=O) groups is 4. The molecule has 6 N–H and O–H groups in total. The highest BCUT2D eigenvalue weighted by atomic mass is 32.1. The highest BCUT2D eigenvalue weighted by molar-refractivity contribution is 7.16. The molecule has 79 heavy (non-hydrogen) atoms. The number of carboxylic acids is 1. The van der Waals surface area contributed by atoms with Crippen LogP contribution in [0.25, 0.3) is 20.7 Å². The number of hydrogen-bond acceptors (Lipinski definition) is 25. The van der Waals surface area contributed by atoms with Gasteiger partial charge in [0.1, 0.15) is 22.4 Å². The van der Waals surface area contributed by atoms with Crippen molar-refractivity contribution in [2.45, 2.75) is 25.7 Å². The van der Waals surface area contributed by atoms with Crippen molar-refractivity contribution in [1.29, 1.82) is 0 Å². The zero-order chi connectivity index (χ0) is 56.0. The van der Waals surface area contributed by atoms with Gasteiger partial charge >= 0.3 is 17.9 Å². The average Bonchev–Trinajstić information content (AvgIpc) is 4.26. The fraction of sp³-hybridized carbons (Fsp3) is 0.308. The molecule has 2 aromatic carbocycles. The number of carbonyl (C=O) groups excluding carboxylic acids is 3. The standard InChI is InChI=1S/C26H27N7O5S.C19H21N5O4S.C7H8N2O2/c1-36-19-9-7-16(11-20(19)37-2)29-22-21-24(39-14-28-21)32-26(31-22)33-10-4-5-15(13-33)23(34)30-17-6-8-18(27-12-17)25(35)38-3;1-27-13-6-5-12(8-14(13)28-2)21-16-15-17(29-10-20-15)23-19(22-16)24-7-3-4-11(9-24)18(25)26;1-11-7(10)6-3-2-5(8)4-9-6/h6-9,11-12,14-15H,4-5,10,13H2,1-3H3,(H,30,34)(H,29,31,32);5-6,8,10-11H,3-4,7,9H2,1-2H3,(H,25,26)(H,21,22,23);2-4H,8H2,1H3. The van der Waals surface area contributed by atoms with E-state index < -0.39 is 23.8 Å². The van der Waals surface area contributed by atoms with Crippen LogP contribution in [-0.2, 0) is 19.1 Å². The monoisotopic (exact) mass is 1120 g/mol. The molecular formula is C52H56N14O11S2. The van der Waals surface area contributed by atoms with Gasteiger partial charge in [0.2, 0.25) is 17.8 Å². The number of rotatable bonds is 15. The second-order valence-corrected chi connectivity index (χ2v) is 19.1.